The summed E-state index contributed by atoms with van der Waals surface area (Å²) in [5.41, 5.74) is 2.23. The minimum absolute atomic E-state index is 0.212. The highest BCUT2D eigenvalue weighted by Crippen LogP contribution is 2.32. The van der Waals surface area contributed by atoms with Gasteiger partial charge in [0.1, 0.15) is 5.39 Å². The molecule has 8 nitrogen and oxygen atoms in total. The number of benzene rings is 1. The zero-order valence-corrected chi connectivity index (χ0v) is 16.5. The minimum Gasteiger partial charge on any atom is -0.379 e. The van der Waals surface area contributed by atoms with Crippen LogP contribution in [-0.2, 0) is 4.74 Å². The summed E-state index contributed by atoms with van der Waals surface area (Å²) < 4.78 is 8.43. The topological polar surface area (TPSA) is 109 Å². The number of nitrogens with zero attached hydrogens (tertiary/aromatic N) is 4. The maximum absolute atomic E-state index is 12.6. The van der Waals surface area contributed by atoms with Gasteiger partial charge in [-0.05, 0) is 37.6 Å². The number of pyridine rings is 1. The number of hydrogen-bond acceptors (Lipinski definition) is 7. The Morgan fingerprint density at radius 2 is 2.31 bits per heavy atom. The first kappa shape index (κ1) is 17.8. The number of anilines is 2. The van der Waals surface area contributed by atoms with E-state index >= 15 is 0 Å². The molecule has 0 bridgehead atoms. The Morgan fingerprint density at radius 3 is 3.17 bits per heavy atom. The van der Waals surface area contributed by atoms with Gasteiger partial charge in [-0.1, -0.05) is 0 Å². The summed E-state index contributed by atoms with van der Waals surface area (Å²) in [7, 11) is 0. The predicted molar refractivity (Wildman–Crippen MR) is 112 cm³/mol. The number of H-pyrrole nitrogens is 1. The lowest BCUT2D eigenvalue weighted by molar-refractivity contribution is 0.0359. The van der Waals surface area contributed by atoms with Crippen LogP contribution in [0.5, 0.6) is 0 Å². The highest BCUT2D eigenvalue weighted by atomic mass is 32.1. The van der Waals surface area contributed by atoms with Crippen molar-refractivity contribution in [1.82, 2.24) is 19.7 Å². The van der Waals surface area contributed by atoms with Gasteiger partial charge in [0.25, 0.3) is 5.56 Å². The van der Waals surface area contributed by atoms with E-state index in [0.29, 0.717) is 36.4 Å². The van der Waals surface area contributed by atoms with Gasteiger partial charge in [-0.2, -0.15) is 10.4 Å². The third-order valence-corrected chi connectivity index (χ3v) is 6.13. The number of aromatic amines is 1. The molecule has 4 aromatic rings. The molecule has 0 saturated carbocycles. The summed E-state index contributed by atoms with van der Waals surface area (Å²) >= 11 is 1.62. The van der Waals surface area contributed by atoms with Crippen molar-refractivity contribution >= 4 is 44.0 Å². The van der Waals surface area contributed by atoms with Crippen LogP contribution < -0.4 is 10.9 Å². The number of hydrogen-bond donors (Lipinski definition) is 2. The van der Waals surface area contributed by atoms with Crippen molar-refractivity contribution in [2.45, 2.75) is 19.4 Å². The van der Waals surface area contributed by atoms with E-state index in [4.69, 9.17) is 9.84 Å². The Bertz CT molecular complexity index is 1310. The largest absolute Gasteiger partial charge is 0.379 e. The normalized spacial score (nSPS) is 19.4. The number of nitriles is 1. The molecule has 0 spiro atoms. The second-order valence-electron chi connectivity index (χ2n) is 7.07. The van der Waals surface area contributed by atoms with Crippen LogP contribution in [0.15, 0.2) is 35.3 Å². The van der Waals surface area contributed by atoms with E-state index < -0.39 is 0 Å². The summed E-state index contributed by atoms with van der Waals surface area (Å²) in [4.78, 5) is 19.8. The number of ether oxygens (including phenoxy) is 1. The van der Waals surface area contributed by atoms with Crippen molar-refractivity contribution in [3.63, 3.8) is 0 Å². The first-order chi connectivity index (χ1) is 14.1. The van der Waals surface area contributed by atoms with Crippen LogP contribution in [0.3, 0.4) is 0 Å². The standard InChI is InChI=1S/C20H18N6O2S/c1-11-23-14-3-2-13(8-17(14)29-11)24-19-18-15(4-6-22-20(18)27)26(25-19)16-10-28-7-5-12(16)9-21/h2-4,6,8,12,16H,5,7,10H2,1H3,(H,22,27)(H,24,25). The van der Waals surface area contributed by atoms with Crippen LogP contribution in [0, 0.1) is 24.2 Å². The van der Waals surface area contributed by atoms with Crippen molar-refractivity contribution in [3.05, 3.63) is 45.8 Å². The molecule has 3 aromatic heterocycles. The monoisotopic (exact) mass is 406 g/mol. The van der Waals surface area contributed by atoms with Gasteiger partial charge in [-0.25, -0.2) is 4.98 Å². The van der Waals surface area contributed by atoms with E-state index in [1.165, 1.54) is 0 Å². The fraction of sp³-hybridized carbons (Fsp3) is 0.300. The Morgan fingerprint density at radius 1 is 1.41 bits per heavy atom. The van der Waals surface area contributed by atoms with E-state index in [1.54, 1.807) is 22.2 Å². The third-order valence-electron chi connectivity index (χ3n) is 5.19. The Labute approximate surface area is 169 Å². The van der Waals surface area contributed by atoms with Crippen LogP contribution in [0.1, 0.15) is 17.5 Å². The summed E-state index contributed by atoms with van der Waals surface area (Å²) in [5, 5.41) is 19.0. The Balaban J connectivity index is 1.61. The molecule has 1 saturated heterocycles. The highest BCUT2D eigenvalue weighted by molar-refractivity contribution is 7.18. The summed E-state index contributed by atoms with van der Waals surface area (Å²) in [6.07, 6.45) is 2.25. The zero-order chi connectivity index (χ0) is 20.0. The maximum atomic E-state index is 12.6. The zero-order valence-electron chi connectivity index (χ0n) is 15.7. The van der Waals surface area contributed by atoms with Crippen molar-refractivity contribution in [3.8, 4) is 6.07 Å². The van der Waals surface area contributed by atoms with Gasteiger partial charge < -0.3 is 15.0 Å². The first-order valence-electron chi connectivity index (χ1n) is 9.35. The highest BCUT2D eigenvalue weighted by Gasteiger charge is 2.30. The molecule has 5 rings (SSSR count). The van der Waals surface area contributed by atoms with Gasteiger partial charge in [-0.15, -0.1) is 11.3 Å². The van der Waals surface area contributed by atoms with Gasteiger partial charge in [0.2, 0.25) is 0 Å². The molecule has 1 aliphatic rings. The summed E-state index contributed by atoms with van der Waals surface area (Å²) in [6.45, 7) is 2.94. The number of aryl methyl sites for hydroxylation is 1. The molecule has 4 heterocycles. The summed E-state index contributed by atoms with van der Waals surface area (Å²) in [6, 6.07) is 9.81. The van der Waals surface area contributed by atoms with Crippen LogP contribution >= 0.6 is 11.3 Å². The van der Waals surface area contributed by atoms with E-state index in [1.807, 2.05) is 31.2 Å². The van der Waals surface area contributed by atoms with Crippen molar-refractivity contribution < 1.29 is 4.74 Å². The lowest BCUT2D eigenvalue weighted by Gasteiger charge is -2.27. The Hall–Kier alpha value is -3.22. The number of aromatic nitrogens is 4. The van der Waals surface area contributed by atoms with E-state index in [9.17, 15) is 10.1 Å². The first-order valence-corrected chi connectivity index (χ1v) is 10.2. The van der Waals surface area contributed by atoms with Crippen molar-refractivity contribution in [2.75, 3.05) is 18.5 Å². The van der Waals surface area contributed by atoms with Crippen molar-refractivity contribution in [2.24, 2.45) is 5.92 Å². The number of thiazole rings is 1. The average Bonchev–Trinajstić information content (AvgIpc) is 3.28. The molecule has 2 atom stereocenters. The molecule has 29 heavy (non-hydrogen) atoms. The Kier molecular flexibility index (Phi) is 4.30. The van der Waals surface area contributed by atoms with E-state index in [0.717, 1.165) is 20.9 Å². The van der Waals surface area contributed by atoms with Gasteiger partial charge in [0.05, 0.1) is 45.4 Å². The van der Waals surface area contributed by atoms with Crippen LogP contribution in [0.4, 0.5) is 11.5 Å². The maximum Gasteiger partial charge on any atom is 0.261 e. The molecule has 0 aliphatic carbocycles. The molecular formula is C20H18N6O2S. The fourth-order valence-electron chi connectivity index (χ4n) is 3.81. The smallest absolute Gasteiger partial charge is 0.261 e. The average molecular weight is 406 g/mol. The molecule has 146 valence electrons. The molecule has 0 amide bonds. The molecule has 0 radical (unpaired) electrons. The molecule has 1 aliphatic heterocycles. The lowest BCUT2D eigenvalue weighted by Crippen LogP contribution is -2.30. The number of rotatable bonds is 3. The molecule has 2 N–H and O–H groups in total. The minimum atomic E-state index is -0.236. The predicted octanol–water partition coefficient (Wildman–Crippen LogP) is 3.49. The molecule has 9 heteroatoms. The van der Waals surface area contributed by atoms with E-state index in [-0.39, 0.29) is 17.5 Å². The SMILES string of the molecule is Cc1nc2ccc(Nc3nn(C4COCCC4C#N)c4cc[nH]c(=O)c34)cc2s1. The van der Waals surface area contributed by atoms with Gasteiger partial charge >= 0.3 is 0 Å². The van der Waals surface area contributed by atoms with Crippen LogP contribution in [0.25, 0.3) is 21.1 Å². The van der Waals surface area contributed by atoms with Gasteiger partial charge in [0.15, 0.2) is 5.82 Å². The van der Waals surface area contributed by atoms with E-state index in [2.05, 4.69) is 21.4 Å². The fourth-order valence-corrected chi connectivity index (χ4v) is 4.68. The second-order valence-corrected chi connectivity index (χ2v) is 8.30. The third kappa shape index (κ3) is 3.06. The molecule has 2 unspecified atom stereocenters. The van der Waals surface area contributed by atoms with Crippen LogP contribution in [0.2, 0.25) is 0 Å². The number of fused-ring (bicyclic) bond motifs is 2. The molecule has 1 aromatic carbocycles. The number of nitrogens with one attached hydrogen (secondary N) is 2. The lowest BCUT2D eigenvalue weighted by atomic mass is 9.96. The van der Waals surface area contributed by atoms with Gasteiger partial charge in [0, 0.05) is 18.5 Å². The molecular weight excluding hydrogens is 388 g/mol. The second kappa shape index (κ2) is 6.99. The van der Waals surface area contributed by atoms with Crippen LogP contribution in [-0.4, -0.2) is 33.0 Å². The quantitative estimate of drug-likeness (QED) is 0.539. The summed E-state index contributed by atoms with van der Waals surface area (Å²) in [5.74, 6) is 0.250. The molecule has 1 fully saturated rings. The van der Waals surface area contributed by atoms with Gasteiger partial charge in [-0.3, -0.25) is 9.48 Å². The van der Waals surface area contributed by atoms with Crippen molar-refractivity contribution in [1.29, 1.82) is 5.26 Å².